The highest BCUT2D eigenvalue weighted by atomic mass is 79.9. The maximum atomic E-state index is 12.8. The lowest BCUT2D eigenvalue weighted by Crippen LogP contribution is -2.07. The SMILES string of the molecule is Br.O=C(c1ccncc1)C(Br)c1ccc(F)cc1. The Morgan fingerprint density at radius 2 is 1.67 bits per heavy atom. The first-order valence-corrected chi connectivity index (χ1v) is 5.94. The molecule has 2 aromatic rings. The predicted molar refractivity (Wildman–Crippen MR) is 77.0 cm³/mol. The minimum atomic E-state index is -0.467. The maximum absolute atomic E-state index is 12.8. The summed E-state index contributed by atoms with van der Waals surface area (Å²) in [5.74, 6) is -0.385. The summed E-state index contributed by atoms with van der Waals surface area (Å²) in [6.45, 7) is 0. The van der Waals surface area contributed by atoms with E-state index in [9.17, 15) is 9.18 Å². The Labute approximate surface area is 123 Å². The monoisotopic (exact) mass is 373 g/mol. The third-order valence-corrected chi connectivity index (χ3v) is 3.30. The number of carbonyl (C=O) groups is 1. The summed E-state index contributed by atoms with van der Waals surface area (Å²) in [5, 5.41) is 0. The van der Waals surface area contributed by atoms with Gasteiger partial charge in [-0.2, -0.15) is 0 Å². The van der Waals surface area contributed by atoms with Crippen LogP contribution in [-0.2, 0) is 0 Å². The Balaban J connectivity index is 0.00000162. The number of rotatable bonds is 3. The summed E-state index contributed by atoms with van der Waals surface area (Å²) in [7, 11) is 0. The van der Waals surface area contributed by atoms with Gasteiger partial charge in [-0.15, -0.1) is 17.0 Å². The van der Waals surface area contributed by atoms with E-state index in [1.54, 1.807) is 36.7 Å². The summed E-state index contributed by atoms with van der Waals surface area (Å²) in [5.41, 5.74) is 1.31. The van der Waals surface area contributed by atoms with Crippen LogP contribution < -0.4 is 0 Å². The second-order valence-corrected chi connectivity index (χ2v) is 4.43. The molecule has 0 saturated heterocycles. The van der Waals surface area contributed by atoms with Crippen molar-refractivity contribution in [2.24, 2.45) is 0 Å². The highest BCUT2D eigenvalue weighted by Crippen LogP contribution is 2.26. The summed E-state index contributed by atoms with van der Waals surface area (Å²) < 4.78 is 12.8. The van der Waals surface area contributed by atoms with E-state index < -0.39 is 4.83 Å². The van der Waals surface area contributed by atoms with E-state index in [0.29, 0.717) is 5.56 Å². The number of benzene rings is 1. The van der Waals surface area contributed by atoms with Gasteiger partial charge in [0.2, 0.25) is 0 Å². The van der Waals surface area contributed by atoms with Gasteiger partial charge in [0, 0.05) is 18.0 Å². The van der Waals surface area contributed by atoms with Crippen molar-refractivity contribution in [3.05, 3.63) is 65.7 Å². The minimum absolute atomic E-state index is 0. The molecular formula is C13H10Br2FNO. The molecule has 0 N–H and O–H groups in total. The van der Waals surface area contributed by atoms with Crippen molar-refractivity contribution in [3.63, 3.8) is 0 Å². The lowest BCUT2D eigenvalue weighted by atomic mass is 10.0. The fraction of sp³-hybridized carbons (Fsp3) is 0.0769. The molecule has 0 fully saturated rings. The van der Waals surface area contributed by atoms with Crippen LogP contribution in [0.2, 0.25) is 0 Å². The number of halogens is 3. The van der Waals surface area contributed by atoms with Crippen LogP contribution in [0.3, 0.4) is 0 Å². The number of aromatic nitrogens is 1. The van der Waals surface area contributed by atoms with Crippen LogP contribution in [0.1, 0.15) is 20.7 Å². The van der Waals surface area contributed by atoms with Crippen molar-refractivity contribution in [2.45, 2.75) is 4.83 Å². The molecule has 0 aliphatic heterocycles. The molecule has 1 aromatic carbocycles. The van der Waals surface area contributed by atoms with Crippen LogP contribution in [0.5, 0.6) is 0 Å². The number of pyridine rings is 1. The molecule has 0 radical (unpaired) electrons. The number of nitrogens with zero attached hydrogens (tertiary/aromatic N) is 1. The minimum Gasteiger partial charge on any atom is -0.293 e. The van der Waals surface area contributed by atoms with Gasteiger partial charge in [-0.25, -0.2) is 4.39 Å². The topological polar surface area (TPSA) is 30.0 Å². The van der Waals surface area contributed by atoms with Gasteiger partial charge in [0.25, 0.3) is 0 Å². The number of ketones is 1. The average Bonchev–Trinajstić information content (AvgIpc) is 2.39. The Morgan fingerprint density at radius 3 is 2.22 bits per heavy atom. The van der Waals surface area contributed by atoms with E-state index in [4.69, 9.17) is 0 Å². The summed E-state index contributed by atoms with van der Waals surface area (Å²) >= 11 is 3.32. The quantitative estimate of drug-likeness (QED) is 0.597. The molecule has 0 bridgehead atoms. The molecule has 1 unspecified atom stereocenters. The van der Waals surface area contributed by atoms with Gasteiger partial charge in [-0.3, -0.25) is 9.78 Å². The first-order chi connectivity index (χ1) is 8.18. The van der Waals surface area contributed by atoms with Crippen molar-refractivity contribution in [3.8, 4) is 0 Å². The van der Waals surface area contributed by atoms with E-state index in [1.165, 1.54) is 12.1 Å². The van der Waals surface area contributed by atoms with E-state index in [2.05, 4.69) is 20.9 Å². The lowest BCUT2D eigenvalue weighted by Gasteiger charge is -2.08. The third kappa shape index (κ3) is 3.46. The Bertz CT molecular complexity index is 516. The molecule has 0 saturated carbocycles. The molecule has 94 valence electrons. The average molecular weight is 375 g/mol. The predicted octanol–water partition coefficient (Wildman–Crippen LogP) is 4.12. The van der Waals surface area contributed by atoms with Crippen molar-refractivity contribution in [2.75, 3.05) is 0 Å². The van der Waals surface area contributed by atoms with E-state index in [1.807, 2.05) is 0 Å². The molecule has 2 nitrogen and oxygen atoms in total. The zero-order valence-electron chi connectivity index (χ0n) is 9.22. The van der Waals surface area contributed by atoms with Crippen LogP contribution in [0, 0.1) is 5.82 Å². The number of hydrogen-bond acceptors (Lipinski definition) is 2. The largest absolute Gasteiger partial charge is 0.293 e. The first kappa shape index (κ1) is 15.0. The van der Waals surface area contributed by atoms with Crippen LogP contribution in [0.15, 0.2) is 48.8 Å². The van der Waals surface area contributed by atoms with E-state index in [0.717, 1.165) is 5.56 Å². The Morgan fingerprint density at radius 1 is 1.11 bits per heavy atom. The molecule has 5 heteroatoms. The summed E-state index contributed by atoms with van der Waals surface area (Å²) in [6, 6.07) is 9.16. The fourth-order valence-electron chi connectivity index (χ4n) is 1.45. The second kappa shape index (κ2) is 6.75. The van der Waals surface area contributed by atoms with E-state index >= 15 is 0 Å². The maximum Gasteiger partial charge on any atom is 0.181 e. The Kier molecular flexibility index (Phi) is 5.62. The normalized spacial score (nSPS) is 11.4. The van der Waals surface area contributed by atoms with Crippen molar-refractivity contribution >= 4 is 38.7 Å². The van der Waals surface area contributed by atoms with Crippen molar-refractivity contribution in [1.82, 2.24) is 4.98 Å². The molecule has 0 aliphatic rings. The lowest BCUT2D eigenvalue weighted by molar-refractivity contribution is 0.0991. The van der Waals surface area contributed by atoms with Crippen LogP contribution >= 0.6 is 32.9 Å². The van der Waals surface area contributed by atoms with Gasteiger partial charge in [0.05, 0.1) is 0 Å². The van der Waals surface area contributed by atoms with Crippen LogP contribution in [-0.4, -0.2) is 10.8 Å². The highest BCUT2D eigenvalue weighted by molar-refractivity contribution is 9.09. The molecule has 18 heavy (non-hydrogen) atoms. The zero-order valence-corrected chi connectivity index (χ0v) is 12.5. The van der Waals surface area contributed by atoms with Crippen molar-refractivity contribution < 1.29 is 9.18 Å². The molecule has 2 rings (SSSR count). The molecule has 1 heterocycles. The van der Waals surface area contributed by atoms with Crippen LogP contribution in [0.4, 0.5) is 4.39 Å². The first-order valence-electron chi connectivity index (χ1n) is 5.02. The van der Waals surface area contributed by atoms with Gasteiger partial charge >= 0.3 is 0 Å². The smallest absolute Gasteiger partial charge is 0.181 e. The molecule has 0 spiro atoms. The number of Topliss-reactive ketones (excluding diaryl/α,β-unsaturated/α-hetero) is 1. The highest BCUT2D eigenvalue weighted by Gasteiger charge is 2.18. The summed E-state index contributed by atoms with van der Waals surface area (Å²) in [4.78, 5) is 15.4. The molecule has 0 aliphatic carbocycles. The van der Waals surface area contributed by atoms with Crippen molar-refractivity contribution in [1.29, 1.82) is 0 Å². The number of carbonyl (C=O) groups excluding carboxylic acids is 1. The molecule has 1 atom stereocenters. The zero-order chi connectivity index (χ0) is 12.3. The van der Waals surface area contributed by atoms with Gasteiger partial charge in [0.1, 0.15) is 10.6 Å². The Hall–Kier alpha value is -1.07. The fourth-order valence-corrected chi connectivity index (χ4v) is 2.02. The van der Waals surface area contributed by atoms with Crippen LogP contribution in [0.25, 0.3) is 0 Å². The van der Waals surface area contributed by atoms with E-state index in [-0.39, 0.29) is 28.6 Å². The van der Waals surface area contributed by atoms with Gasteiger partial charge in [-0.1, -0.05) is 28.1 Å². The van der Waals surface area contributed by atoms with Gasteiger partial charge < -0.3 is 0 Å². The third-order valence-electron chi connectivity index (χ3n) is 2.36. The molecule has 0 amide bonds. The van der Waals surface area contributed by atoms with Gasteiger partial charge in [-0.05, 0) is 29.8 Å². The second-order valence-electron chi connectivity index (χ2n) is 3.51. The number of hydrogen-bond donors (Lipinski definition) is 0. The molecule has 1 aromatic heterocycles. The summed E-state index contributed by atoms with van der Waals surface area (Å²) in [6.07, 6.45) is 3.13. The van der Waals surface area contributed by atoms with Gasteiger partial charge in [0.15, 0.2) is 5.78 Å². The standard InChI is InChI=1S/C13H9BrFNO.BrH/c14-12(9-1-3-11(15)4-2-9)13(17)10-5-7-16-8-6-10;/h1-8,12H;1H. The number of alkyl halides is 1. The molecular weight excluding hydrogens is 365 g/mol.